The molecule has 0 saturated carbocycles. The Kier molecular flexibility index (Phi) is 5.83. The van der Waals surface area contributed by atoms with Crippen molar-refractivity contribution in [2.45, 2.75) is 18.2 Å². The van der Waals surface area contributed by atoms with Crippen LogP contribution in [0.1, 0.15) is 12.3 Å². The fourth-order valence-corrected chi connectivity index (χ4v) is 2.64. The highest BCUT2D eigenvalue weighted by Crippen LogP contribution is 2.24. The van der Waals surface area contributed by atoms with Crippen molar-refractivity contribution in [2.24, 2.45) is 5.73 Å². The van der Waals surface area contributed by atoms with Crippen LogP contribution in [0.5, 0.6) is 0 Å². The molecule has 1 atom stereocenters. The maximum absolute atomic E-state index is 11.1. The van der Waals surface area contributed by atoms with Crippen molar-refractivity contribution in [1.82, 2.24) is 10.2 Å². The number of methoxy groups -OCH3 is 1. The monoisotopic (exact) mass is 375 g/mol. The van der Waals surface area contributed by atoms with Crippen molar-refractivity contribution in [3.63, 3.8) is 0 Å². The van der Waals surface area contributed by atoms with Gasteiger partial charge in [-0.15, -0.1) is 10.2 Å². The Morgan fingerprint density at radius 1 is 1.48 bits per heavy atom. The Morgan fingerprint density at radius 2 is 2.29 bits per heavy atom. The largest absolute Gasteiger partial charge is 0.468 e. The molecule has 0 amide bonds. The number of furan rings is 1. The molecule has 2 heterocycles. The van der Waals surface area contributed by atoms with E-state index in [9.17, 15) is 4.79 Å². The number of carbonyl (C=O) groups is 1. The van der Waals surface area contributed by atoms with Gasteiger partial charge in [-0.05, 0) is 40.2 Å². The number of carbonyl (C=O) groups excluding carboxylic acids is 1. The van der Waals surface area contributed by atoms with Gasteiger partial charge in [0, 0.05) is 0 Å². The molecule has 9 heteroatoms. The van der Waals surface area contributed by atoms with Crippen molar-refractivity contribution >= 4 is 33.7 Å². The van der Waals surface area contributed by atoms with Gasteiger partial charge in [-0.25, -0.2) is 0 Å². The molecule has 0 aliphatic heterocycles. The summed E-state index contributed by atoms with van der Waals surface area (Å²) in [6.07, 6.45) is 0.531. The molecule has 7 nitrogen and oxygen atoms in total. The van der Waals surface area contributed by atoms with Gasteiger partial charge in [0.05, 0.1) is 12.9 Å². The summed E-state index contributed by atoms with van der Waals surface area (Å²) in [5, 5.41) is 7.85. The number of aromatic nitrogens is 2. The highest BCUT2D eigenvalue weighted by molar-refractivity contribution is 9.10. The van der Waals surface area contributed by atoms with Crippen LogP contribution in [0.25, 0.3) is 11.7 Å². The molecule has 0 radical (unpaired) electrons. The van der Waals surface area contributed by atoms with Crippen molar-refractivity contribution in [1.29, 1.82) is 0 Å². The second-order valence-corrected chi connectivity index (χ2v) is 5.96. The Bertz CT molecular complexity index is 601. The van der Waals surface area contributed by atoms with Gasteiger partial charge >= 0.3 is 5.97 Å². The third kappa shape index (κ3) is 4.58. The van der Waals surface area contributed by atoms with E-state index in [4.69, 9.17) is 14.6 Å². The van der Waals surface area contributed by atoms with Crippen molar-refractivity contribution < 1.29 is 18.4 Å². The average Bonchev–Trinajstić information content (AvgIpc) is 3.11. The molecule has 0 bridgehead atoms. The van der Waals surface area contributed by atoms with E-state index in [1.165, 1.54) is 7.11 Å². The number of thioether (sulfide) groups is 1. The summed E-state index contributed by atoms with van der Waals surface area (Å²) >= 11 is 4.76. The molecule has 0 saturated heterocycles. The second-order valence-electron chi connectivity index (χ2n) is 4.08. The zero-order valence-electron chi connectivity index (χ0n) is 11.2. The first kappa shape index (κ1) is 16.1. The number of nitrogens with zero attached hydrogens (tertiary/aromatic N) is 2. The van der Waals surface area contributed by atoms with Crippen LogP contribution in [0.2, 0.25) is 0 Å². The first-order valence-corrected chi connectivity index (χ1v) is 8.04. The van der Waals surface area contributed by atoms with Gasteiger partial charge < -0.3 is 19.3 Å². The quantitative estimate of drug-likeness (QED) is 0.579. The maximum atomic E-state index is 11.1. The summed E-state index contributed by atoms with van der Waals surface area (Å²) in [6.45, 7) is 0. The van der Waals surface area contributed by atoms with Gasteiger partial charge in [0.2, 0.25) is 5.89 Å². The summed E-state index contributed by atoms with van der Waals surface area (Å²) < 4.78 is 16.0. The van der Waals surface area contributed by atoms with E-state index >= 15 is 0 Å². The standard InChI is InChI=1S/C12H14BrN3O4S/c1-18-12(17)7(14)4-5-21-6-10-15-16-11(20-10)8-2-3-9(13)19-8/h2-3,7H,4-6,14H2,1H3. The van der Waals surface area contributed by atoms with Gasteiger partial charge in [0.25, 0.3) is 5.89 Å². The van der Waals surface area contributed by atoms with E-state index in [1.807, 2.05) is 0 Å². The highest BCUT2D eigenvalue weighted by Gasteiger charge is 2.14. The minimum Gasteiger partial charge on any atom is -0.468 e. The molecular formula is C12H14BrN3O4S. The van der Waals surface area contributed by atoms with Crippen LogP contribution in [0.4, 0.5) is 0 Å². The molecule has 0 aromatic carbocycles. The highest BCUT2D eigenvalue weighted by atomic mass is 79.9. The van der Waals surface area contributed by atoms with Crippen LogP contribution in [0.15, 0.2) is 25.6 Å². The van der Waals surface area contributed by atoms with Crippen LogP contribution in [-0.4, -0.2) is 35.1 Å². The smallest absolute Gasteiger partial charge is 0.322 e. The molecule has 1 unspecified atom stereocenters. The predicted octanol–water partition coefficient (Wildman–Crippen LogP) is 2.22. The van der Waals surface area contributed by atoms with E-state index in [2.05, 4.69) is 30.9 Å². The SMILES string of the molecule is COC(=O)C(N)CCSCc1nnc(-c2ccc(Br)o2)o1. The van der Waals surface area contributed by atoms with Gasteiger partial charge in [0.1, 0.15) is 6.04 Å². The van der Waals surface area contributed by atoms with E-state index < -0.39 is 12.0 Å². The number of esters is 1. The van der Waals surface area contributed by atoms with Crippen LogP contribution >= 0.6 is 27.7 Å². The van der Waals surface area contributed by atoms with Crippen molar-refractivity contribution in [2.75, 3.05) is 12.9 Å². The molecule has 21 heavy (non-hydrogen) atoms. The predicted molar refractivity (Wildman–Crippen MR) is 80.5 cm³/mol. The Morgan fingerprint density at radius 3 is 2.95 bits per heavy atom. The van der Waals surface area contributed by atoms with Crippen molar-refractivity contribution in [3.05, 3.63) is 22.7 Å². The van der Waals surface area contributed by atoms with E-state index in [0.717, 1.165) is 0 Å². The van der Waals surface area contributed by atoms with Gasteiger partial charge in [-0.3, -0.25) is 4.79 Å². The lowest BCUT2D eigenvalue weighted by Gasteiger charge is -2.07. The Labute approximate surface area is 133 Å². The molecule has 0 spiro atoms. The average molecular weight is 376 g/mol. The van der Waals surface area contributed by atoms with E-state index in [1.54, 1.807) is 23.9 Å². The molecular weight excluding hydrogens is 362 g/mol. The molecule has 0 aliphatic rings. The van der Waals surface area contributed by atoms with Crippen LogP contribution in [-0.2, 0) is 15.3 Å². The lowest BCUT2D eigenvalue weighted by molar-refractivity contribution is -0.142. The number of halogens is 1. The topological polar surface area (TPSA) is 104 Å². The fraction of sp³-hybridized carbons (Fsp3) is 0.417. The van der Waals surface area contributed by atoms with Crippen LogP contribution < -0.4 is 5.73 Å². The molecule has 2 rings (SSSR count). The van der Waals surface area contributed by atoms with E-state index in [-0.39, 0.29) is 0 Å². The van der Waals surface area contributed by atoms with Crippen molar-refractivity contribution in [3.8, 4) is 11.7 Å². The Hall–Kier alpha value is -1.32. The molecule has 2 aromatic rings. The first-order valence-electron chi connectivity index (χ1n) is 6.09. The lowest BCUT2D eigenvalue weighted by Crippen LogP contribution is -2.31. The third-order valence-corrected chi connectivity index (χ3v) is 3.96. The molecule has 114 valence electrons. The number of hydrogen-bond donors (Lipinski definition) is 1. The number of ether oxygens (including phenoxy) is 1. The zero-order valence-corrected chi connectivity index (χ0v) is 13.6. The third-order valence-electron chi connectivity index (χ3n) is 2.55. The summed E-state index contributed by atoms with van der Waals surface area (Å²) in [5.74, 6) is 2.18. The number of rotatable bonds is 7. The summed E-state index contributed by atoms with van der Waals surface area (Å²) in [5.41, 5.74) is 5.63. The second kappa shape index (κ2) is 7.62. The molecule has 0 aliphatic carbocycles. The van der Waals surface area contributed by atoms with E-state index in [0.29, 0.717) is 40.1 Å². The van der Waals surface area contributed by atoms with Crippen LogP contribution in [0.3, 0.4) is 0 Å². The van der Waals surface area contributed by atoms with Gasteiger partial charge in [-0.2, -0.15) is 11.8 Å². The summed E-state index contributed by atoms with van der Waals surface area (Å²) in [6, 6.07) is 2.90. The molecule has 0 fully saturated rings. The number of nitrogens with two attached hydrogens (primary N) is 1. The van der Waals surface area contributed by atoms with Gasteiger partial charge in [0.15, 0.2) is 10.4 Å². The molecule has 2 aromatic heterocycles. The Balaban J connectivity index is 1.77. The minimum absolute atomic E-state index is 0.336. The maximum Gasteiger partial charge on any atom is 0.322 e. The number of hydrogen-bond acceptors (Lipinski definition) is 8. The fourth-order valence-electron chi connectivity index (χ4n) is 1.48. The summed E-state index contributed by atoms with van der Waals surface area (Å²) in [7, 11) is 1.32. The normalized spacial score (nSPS) is 12.3. The zero-order chi connectivity index (χ0) is 15.2. The summed E-state index contributed by atoms with van der Waals surface area (Å²) in [4.78, 5) is 11.1. The lowest BCUT2D eigenvalue weighted by atomic mass is 10.2. The first-order chi connectivity index (χ1) is 10.1. The van der Waals surface area contributed by atoms with Crippen LogP contribution in [0, 0.1) is 0 Å². The molecule has 2 N–H and O–H groups in total. The van der Waals surface area contributed by atoms with Gasteiger partial charge in [-0.1, -0.05) is 0 Å². The minimum atomic E-state index is -0.596.